The number of allylic oxidation sites excluding steroid dienone is 4. The molecule has 0 aliphatic heterocycles. The van der Waals surface area contributed by atoms with Gasteiger partial charge in [-0.3, -0.25) is 0 Å². The summed E-state index contributed by atoms with van der Waals surface area (Å²) in [5.74, 6) is 0. The van der Waals surface area contributed by atoms with Crippen LogP contribution in [0.1, 0.15) is 51.4 Å². The first-order valence-electron chi connectivity index (χ1n) is 6.21. The lowest BCUT2D eigenvalue weighted by atomic mass is 10.1. The molecule has 0 aromatic carbocycles. The Morgan fingerprint density at radius 1 is 0.611 bits per heavy atom. The van der Waals surface area contributed by atoms with Crippen LogP contribution in [0.5, 0.6) is 0 Å². The molecule has 2 N–H and O–H groups in total. The van der Waals surface area contributed by atoms with Gasteiger partial charge < -0.3 is 0 Å². The van der Waals surface area contributed by atoms with Gasteiger partial charge in [0.25, 0.3) is 0 Å². The van der Waals surface area contributed by atoms with E-state index in [9.17, 15) is 0 Å². The van der Waals surface area contributed by atoms with Crippen molar-refractivity contribution in [3.05, 3.63) is 24.3 Å². The standard InChI is InChI=1S/2C6H10.2CHNO/c2*1-2-4-6-5-3-1;2*2-1-3/h2*1-2H,3-6H2;2*2H. The second kappa shape index (κ2) is 20.6. The van der Waals surface area contributed by atoms with Crippen LogP contribution in [-0.4, -0.2) is 12.2 Å². The average molecular weight is 250 g/mol. The molecule has 4 nitrogen and oxygen atoms in total. The first-order chi connectivity index (χ1) is 8.83. The highest BCUT2D eigenvalue weighted by atomic mass is 16.1. The maximum atomic E-state index is 8.35. The summed E-state index contributed by atoms with van der Waals surface area (Å²) in [6.07, 6.45) is 21.5. The topological polar surface area (TPSA) is 81.8 Å². The molecule has 0 unspecified atom stereocenters. The minimum absolute atomic E-state index is 0.750. The zero-order valence-corrected chi connectivity index (χ0v) is 10.8. The summed E-state index contributed by atoms with van der Waals surface area (Å²) in [4.78, 5) is 16.7. The molecule has 0 spiro atoms. The molecule has 0 heterocycles. The van der Waals surface area contributed by atoms with Gasteiger partial charge in [-0.2, -0.15) is 0 Å². The predicted molar refractivity (Wildman–Crippen MR) is 72.0 cm³/mol. The Morgan fingerprint density at radius 3 is 0.833 bits per heavy atom. The third kappa shape index (κ3) is 23.8. The summed E-state index contributed by atoms with van der Waals surface area (Å²) in [5, 5.41) is 10.8. The first kappa shape index (κ1) is 18.6. The molecule has 0 amide bonds. The SMILES string of the molecule is C1=CCCCC1.C1=CCCCC1.N=C=O.N=C=O. The molecule has 2 rings (SSSR count). The van der Waals surface area contributed by atoms with E-state index in [2.05, 4.69) is 24.3 Å². The Bertz CT molecular complexity index is 238. The molecule has 18 heavy (non-hydrogen) atoms. The molecule has 0 fully saturated rings. The van der Waals surface area contributed by atoms with E-state index < -0.39 is 0 Å². The van der Waals surface area contributed by atoms with Gasteiger partial charge in [0.05, 0.1) is 0 Å². The molecule has 0 aromatic heterocycles. The van der Waals surface area contributed by atoms with Crippen LogP contribution in [0, 0.1) is 10.8 Å². The second-order valence-electron chi connectivity index (χ2n) is 3.72. The molecule has 2 aliphatic carbocycles. The lowest BCUT2D eigenvalue weighted by Gasteiger charge is -1.97. The van der Waals surface area contributed by atoms with Crippen LogP contribution >= 0.6 is 0 Å². The highest BCUT2D eigenvalue weighted by molar-refractivity contribution is 5.26. The van der Waals surface area contributed by atoms with Gasteiger partial charge in [0.15, 0.2) is 0 Å². The summed E-state index contributed by atoms with van der Waals surface area (Å²) in [6, 6.07) is 0. The number of hydrogen-bond donors (Lipinski definition) is 2. The minimum Gasteiger partial charge on any atom is -0.222 e. The zero-order chi connectivity index (χ0) is 13.9. The Hall–Kier alpha value is -1.76. The van der Waals surface area contributed by atoms with Crippen LogP contribution < -0.4 is 0 Å². The number of isocyanates is 2. The van der Waals surface area contributed by atoms with Gasteiger partial charge in [0, 0.05) is 0 Å². The van der Waals surface area contributed by atoms with Gasteiger partial charge in [0.1, 0.15) is 0 Å². The van der Waals surface area contributed by atoms with E-state index in [1.165, 1.54) is 51.4 Å². The van der Waals surface area contributed by atoms with Crippen LogP contribution in [0.4, 0.5) is 0 Å². The van der Waals surface area contributed by atoms with Gasteiger partial charge in [0.2, 0.25) is 12.2 Å². The van der Waals surface area contributed by atoms with Crippen LogP contribution in [0.2, 0.25) is 0 Å². The fraction of sp³-hybridized carbons (Fsp3) is 0.571. The van der Waals surface area contributed by atoms with E-state index in [0.29, 0.717) is 0 Å². The normalized spacial score (nSPS) is 15.1. The summed E-state index contributed by atoms with van der Waals surface area (Å²) in [6.45, 7) is 0. The second-order valence-corrected chi connectivity index (χ2v) is 3.72. The smallest absolute Gasteiger partial charge is 0.222 e. The molecule has 0 saturated heterocycles. The van der Waals surface area contributed by atoms with Crippen LogP contribution in [0.3, 0.4) is 0 Å². The van der Waals surface area contributed by atoms with Crippen molar-refractivity contribution in [2.45, 2.75) is 51.4 Å². The maximum Gasteiger partial charge on any atom is 0.231 e. The molecule has 100 valence electrons. The monoisotopic (exact) mass is 250 g/mol. The summed E-state index contributed by atoms with van der Waals surface area (Å²) in [5.41, 5.74) is 0. The van der Waals surface area contributed by atoms with Crippen molar-refractivity contribution in [3.63, 3.8) is 0 Å². The largest absolute Gasteiger partial charge is 0.231 e. The van der Waals surface area contributed by atoms with Crippen molar-refractivity contribution in [2.75, 3.05) is 0 Å². The Kier molecular flexibility index (Phi) is 21.3. The predicted octanol–water partition coefficient (Wildman–Crippen LogP) is 4.04. The van der Waals surface area contributed by atoms with Crippen LogP contribution in [0.25, 0.3) is 0 Å². The zero-order valence-electron chi connectivity index (χ0n) is 10.8. The Balaban J connectivity index is 0. The summed E-state index contributed by atoms with van der Waals surface area (Å²) in [7, 11) is 0. The van der Waals surface area contributed by atoms with E-state index >= 15 is 0 Å². The number of rotatable bonds is 0. The molecule has 0 radical (unpaired) electrons. The van der Waals surface area contributed by atoms with Crippen molar-refractivity contribution >= 4 is 12.2 Å². The highest BCUT2D eigenvalue weighted by Gasteiger charge is 1.87. The van der Waals surface area contributed by atoms with Gasteiger partial charge in [-0.1, -0.05) is 24.3 Å². The van der Waals surface area contributed by atoms with Gasteiger partial charge in [-0.25, -0.2) is 20.4 Å². The lowest BCUT2D eigenvalue weighted by Crippen LogP contribution is -1.77. The number of hydrogen-bond acceptors (Lipinski definition) is 4. The number of carbonyl (C=O) groups excluding carboxylic acids is 2. The van der Waals surface area contributed by atoms with E-state index in [4.69, 9.17) is 20.4 Å². The van der Waals surface area contributed by atoms with E-state index in [-0.39, 0.29) is 0 Å². The number of nitrogens with one attached hydrogen (secondary N) is 2. The Morgan fingerprint density at radius 2 is 0.778 bits per heavy atom. The molecular formula is C14H22N2O2. The molecular weight excluding hydrogens is 228 g/mol. The molecule has 0 atom stereocenters. The molecule has 4 heteroatoms. The van der Waals surface area contributed by atoms with Crippen LogP contribution in [0.15, 0.2) is 24.3 Å². The third-order valence-corrected chi connectivity index (χ3v) is 2.32. The fourth-order valence-corrected chi connectivity index (χ4v) is 1.52. The molecule has 0 aromatic rings. The summed E-state index contributed by atoms with van der Waals surface area (Å²) < 4.78 is 0. The average Bonchev–Trinajstić information content (AvgIpc) is 2.45. The van der Waals surface area contributed by atoms with Crippen molar-refractivity contribution in [3.8, 4) is 0 Å². The van der Waals surface area contributed by atoms with Crippen molar-refractivity contribution in [1.29, 1.82) is 10.8 Å². The minimum atomic E-state index is 0.750. The van der Waals surface area contributed by atoms with Gasteiger partial charge >= 0.3 is 0 Å². The maximum absolute atomic E-state index is 8.35. The van der Waals surface area contributed by atoms with Crippen molar-refractivity contribution < 1.29 is 9.59 Å². The van der Waals surface area contributed by atoms with Gasteiger partial charge in [-0.05, 0) is 51.4 Å². The van der Waals surface area contributed by atoms with Crippen LogP contribution in [-0.2, 0) is 9.59 Å². The van der Waals surface area contributed by atoms with Crippen molar-refractivity contribution in [2.24, 2.45) is 0 Å². The van der Waals surface area contributed by atoms with Crippen molar-refractivity contribution in [1.82, 2.24) is 0 Å². The van der Waals surface area contributed by atoms with E-state index in [0.717, 1.165) is 12.2 Å². The molecule has 2 aliphatic rings. The van der Waals surface area contributed by atoms with E-state index in [1.54, 1.807) is 0 Å². The summed E-state index contributed by atoms with van der Waals surface area (Å²) >= 11 is 0. The Labute approximate surface area is 109 Å². The first-order valence-corrected chi connectivity index (χ1v) is 6.21. The van der Waals surface area contributed by atoms with Gasteiger partial charge in [-0.15, -0.1) is 0 Å². The lowest BCUT2D eigenvalue weighted by molar-refractivity contribution is 0.562. The highest BCUT2D eigenvalue weighted by Crippen LogP contribution is 2.07. The molecule has 0 saturated carbocycles. The quantitative estimate of drug-likeness (QED) is 0.386. The van der Waals surface area contributed by atoms with E-state index in [1.807, 2.05) is 0 Å². The molecule has 0 bridgehead atoms. The fourth-order valence-electron chi connectivity index (χ4n) is 1.52. The third-order valence-electron chi connectivity index (χ3n) is 2.32.